The topological polar surface area (TPSA) is 12.0 Å². The van der Waals surface area contributed by atoms with Crippen molar-refractivity contribution in [1.82, 2.24) is 5.32 Å². The van der Waals surface area contributed by atoms with Crippen molar-refractivity contribution in [3.05, 3.63) is 0 Å². The molecular weight excluding hydrogens is 206 g/mol. The van der Waals surface area contributed by atoms with E-state index >= 15 is 0 Å². The molecule has 0 spiro atoms. The van der Waals surface area contributed by atoms with Crippen LogP contribution in [-0.2, 0) is 0 Å². The monoisotopic (exact) mass is 239 g/mol. The second-order valence-electron chi connectivity index (χ2n) is 6.45. The second kappa shape index (κ2) is 8.13. The van der Waals surface area contributed by atoms with Crippen molar-refractivity contribution in [2.75, 3.05) is 13.1 Å². The van der Waals surface area contributed by atoms with Gasteiger partial charge in [-0.05, 0) is 49.6 Å². The van der Waals surface area contributed by atoms with Crippen molar-refractivity contribution in [3.8, 4) is 0 Å². The van der Waals surface area contributed by atoms with E-state index in [-0.39, 0.29) is 0 Å². The molecule has 3 unspecified atom stereocenters. The van der Waals surface area contributed by atoms with Crippen LogP contribution in [0.25, 0.3) is 0 Å². The van der Waals surface area contributed by atoms with Crippen molar-refractivity contribution in [2.24, 2.45) is 23.7 Å². The Hall–Kier alpha value is -0.0400. The molecule has 3 atom stereocenters. The highest BCUT2D eigenvalue weighted by atomic mass is 14.9. The largest absolute Gasteiger partial charge is 0.316 e. The smallest absolute Gasteiger partial charge is 0.00178 e. The van der Waals surface area contributed by atoms with E-state index in [0.717, 1.165) is 23.7 Å². The van der Waals surface area contributed by atoms with E-state index in [0.29, 0.717) is 0 Å². The van der Waals surface area contributed by atoms with Crippen molar-refractivity contribution >= 4 is 0 Å². The maximum atomic E-state index is 3.68. The highest BCUT2D eigenvalue weighted by Gasteiger charge is 2.28. The molecule has 1 N–H and O–H groups in total. The average molecular weight is 239 g/mol. The Kier molecular flexibility index (Phi) is 7.18. The molecule has 0 aromatic heterocycles. The lowest BCUT2D eigenvalue weighted by Gasteiger charge is -2.36. The lowest BCUT2D eigenvalue weighted by Crippen LogP contribution is -2.34. The first-order valence-corrected chi connectivity index (χ1v) is 7.88. The predicted octanol–water partition coefficient (Wildman–Crippen LogP) is 4.47. The summed E-state index contributed by atoms with van der Waals surface area (Å²) >= 11 is 0. The third-order valence-electron chi connectivity index (χ3n) is 4.44. The molecule has 1 heteroatoms. The Morgan fingerprint density at radius 2 is 1.88 bits per heavy atom. The first-order valence-electron chi connectivity index (χ1n) is 7.88. The Morgan fingerprint density at radius 1 is 1.12 bits per heavy atom. The predicted molar refractivity (Wildman–Crippen MR) is 77.2 cm³/mol. The van der Waals surface area contributed by atoms with Gasteiger partial charge in [-0.3, -0.25) is 0 Å². The molecule has 1 saturated carbocycles. The molecule has 1 rings (SSSR count). The van der Waals surface area contributed by atoms with E-state index in [1.54, 1.807) is 0 Å². The maximum Gasteiger partial charge on any atom is -0.00178 e. The van der Waals surface area contributed by atoms with Gasteiger partial charge in [-0.25, -0.2) is 0 Å². The molecule has 0 radical (unpaired) electrons. The van der Waals surface area contributed by atoms with E-state index in [2.05, 4.69) is 33.0 Å². The minimum Gasteiger partial charge on any atom is -0.316 e. The third-order valence-corrected chi connectivity index (χ3v) is 4.44. The molecule has 0 heterocycles. The summed E-state index contributed by atoms with van der Waals surface area (Å²) in [6.45, 7) is 11.8. The fraction of sp³-hybridized carbons (Fsp3) is 1.00. The number of nitrogens with one attached hydrogen (secondary N) is 1. The minimum absolute atomic E-state index is 0.784. The molecule has 0 amide bonds. The first-order chi connectivity index (χ1) is 8.17. The van der Waals surface area contributed by atoms with Gasteiger partial charge in [-0.1, -0.05) is 53.4 Å². The fourth-order valence-corrected chi connectivity index (χ4v) is 3.35. The van der Waals surface area contributed by atoms with Crippen LogP contribution in [0.5, 0.6) is 0 Å². The van der Waals surface area contributed by atoms with E-state index in [9.17, 15) is 0 Å². The van der Waals surface area contributed by atoms with Crippen molar-refractivity contribution < 1.29 is 0 Å². The van der Waals surface area contributed by atoms with Gasteiger partial charge in [0.05, 0.1) is 0 Å². The molecule has 1 nitrogen and oxygen atoms in total. The lowest BCUT2D eigenvalue weighted by atomic mass is 9.71. The molecule has 0 bridgehead atoms. The van der Waals surface area contributed by atoms with Crippen molar-refractivity contribution in [3.63, 3.8) is 0 Å². The Bertz CT molecular complexity index is 188. The summed E-state index contributed by atoms with van der Waals surface area (Å²) in [6, 6.07) is 0. The van der Waals surface area contributed by atoms with Crippen molar-refractivity contribution in [1.29, 1.82) is 0 Å². The minimum atomic E-state index is 0.784. The van der Waals surface area contributed by atoms with Crippen LogP contribution in [0.15, 0.2) is 0 Å². The van der Waals surface area contributed by atoms with Crippen LogP contribution in [-0.4, -0.2) is 13.1 Å². The van der Waals surface area contributed by atoms with Crippen LogP contribution in [0, 0.1) is 23.7 Å². The summed E-state index contributed by atoms with van der Waals surface area (Å²) in [4.78, 5) is 0. The molecule has 102 valence electrons. The lowest BCUT2D eigenvalue weighted by molar-refractivity contribution is 0.161. The molecule has 0 saturated heterocycles. The van der Waals surface area contributed by atoms with Gasteiger partial charge in [-0.15, -0.1) is 0 Å². The Labute approximate surface area is 109 Å². The number of hydrogen-bond acceptors (Lipinski definition) is 1. The molecule has 1 aliphatic rings. The molecule has 1 fully saturated rings. The van der Waals surface area contributed by atoms with Crippen LogP contribution < -0.4 is 5.32 Å². The first kappa shape index (κ1) is 15.0. The van der Waals surface area contributed by atoms with Gasteiger partial charge < -0.3 is 5.32 Å². The zero-order valence-electron chi connectivity index (χ0n) is 12.5. The zero-order chi connectivity index (χ0) is 12.7. The van der Waals surface area contributed by atoms with E-state index in [1.165, 1.54) is 51.6 Å². The van der Waals surface area contributed by atoms with Gasteiger partial charge in [0.25, 0.3) is 0 Å². The van der Waals surface area contributed by atoms with Gasteiger partial charge in [-0.2, -0.15) is 0 Å². The third kappa shape index (κ3) is 5.42. The summed E-state index contributed by atoms with van der Waals surface area (Å²) < 4.78 is 0. The molecular formula is C16H33N. The van der Waals surface area contributed by atoms with E-state index in [4.69, 9.17) is 0 Å². The molecule has 0 aromatic carbocycles. The Balaban J connectivity index is 2.34. The van der Waals surface area contributed by atoms with E-state index < -0.39 is 0 Å². The standard InChI is InChI=1S/C16H33N/c1-5-7-15-10-14(6-2)8-9-16(15)12-17-11-13(3)4/h13-17H,5-12H2,1-4H3. The second-order valence-corrected chi connectivity index (χ2v) is 6.45. The fourth-order valence-electron chi connectivity index (χ4n) is 3.35. The Morgan fingerprint density at radius 3 is 2.47 bits per heavy atom. The maximum absolute atomic E-state index is 3.68. The zero-order valence-corrected chi connectivity index (χ0v) is 12.5. The molecule has 0 aliphatic heterocycles. The summed E-state index contributed by atoms with van der Waals surface area (Å²) in [5.74, 6) is 3.76. The van der Waals surface area contributed by atoms with Gasteiger partial charge in [0.2, 0.25) is 0 Å². The highest BCUT2D eigenvalue weighted by molar-refractivity contribution is 4.81. The van der Waals surface area contributed by atoms with Gasteiger partial charge in [0.1, 0.15) is 0 Å². The van der Waals surface area contributed by atoms with Gasteiger partial charge in [0, 0.05) is 0 Å². The van der Waals surface area contributed by atoms with E-state index in [1.807, 2.05) is 0 Å². The summed E-state index contributed by atoms with van der Waals surface area (Å²) in [6.07, 6.45) is 8.65. The summed E-state index contributed by atoms with van der Waals surface area (Å²) in [5.41, 5.74) is 0. The average Bonchev–Trinajstić information content (AvgIpc) is 2.31. The normalized spacial score (nSPS) is 29.8. The number of hydrogen-bond donors (Lipinski definition) is 1. The van der Waals surface area contributed by atoms with Crippen LogP contribution in [0.4, 0.5) is 0 Å². The summed E-state index contributed by atoms with van der Waals surface area (Å²) in [5, 5.41) is 3.68. The van der Waals surface area contributed by atoms with Crippen LogP contribution in [0.3, 0.4) is 0 Å². The molecule has 17 heavy (non-hydrogen) atoms. The van der Waals surface area contributed by atoms with Crippen LogP contribution in [0.2, 0.25) is 0 Å². The van der Waals surface area contributed by atoms with Gasteiger partial charge >= 0.3 is 0 Å². The SMILES string of the molecule is CCCC1CC(CC)CCC1CNCC(C)C. The quantitative estimate of drug-likeness (QED) is 0.691. The molecule has 0 aromatic rings. The van der Waals surface area contributed by atoms with Crippen LogP contribution >= 0.6 is 0 Å². The molecule has 1 aliphatic carbocycles. The summed E-state index contributed by atoms with van der Waals surface area (Å²) in [7, 11) is 0. The highest BCUT2D eigenvalue weighted by Crippen LogP contribution is 2.37. The van der Waals surface area contributed by atoms with Crippen molar-refractivity contribution in [2.45, 2.75) is 66.2 Å². The van der Waals surface area contributed by atoms with Crippen LogP contribution in [0.1, 0.15) is 66.2 Å². The number of rotatable bonds is 7. The van der Waals surface area contributed by atoms with Gasteiger partial charge in [0.15, 0.2) is 0 Å².